The minimum Gasteiger partial charge on any atom is -0.394 e. The molecule has 1 heterocycles. The van der Waals surface area contributed by atoms with Crippen LogP contribution in [0.15, 0.2) is 11.1 Å². The highest BCUT2D eigenvalue weighted by Crippen LogP contribution is 2.17. The molecule has 0 spiro atoms. The van der Waals surface area contributed by atoms with Gasteiger partial charge in [0.1, 0.15) is 5.02 Å². The van der Waals surface area contributed by atoms with E-state index in [0.29, 0.717) is 0 Å². The molecule has 3 N–H and O–H groups in total. The quantitative estimate of drug-likeness (QED) is 0.693. The Morgan fingerprint density at radius 1 is 1.71 bits per heavy atom. The number of rotatable bonds is 3. The molecule has 1 aromatic heterocycles. The molecule has 0 radical (unpaired) electrons. The summed E-state index contributed by atoms with van der Waals surface area (Å²) >= 11 is 5.71. The molecule has 1 rings (SSSR count). The zero-order valence-corrected chi connectivity index (χ0v) is 8.72. The van der Waals surface area contributed by atoms with Crippen LogP contribution < -0.4 is 10.9 Å². The van der Waals surface area contributed by atoms with Crippen molar-refractivity contribution in [2.75, 3.05) is 11.9 Å². The van der Waals surface area contributed by atoms with Crippen LogP contribution in [0.3, 0.4) is 0 Å². The smallest absolute Gasteiger partial charge is 0.271 e. The van der Waals surface area contributed by atoms with Gasteiger partial charge >= 0.3 is 0 Å². The van der Waals surface area contributed by atoms with Crippen LogP contribution in [0.5, 0.6) is 0 Å². The van der Waals surface area contributed by atoms with E-state index in [-0.39, 0.29) is 17.4 Å². The van der Waals surface area contributed by atoms with E-state index in [1.54, 1.807) is 13.8 Å². The van der Waals surface area contributed by atoms with Crippen molar-refractivity contribution >= 4 is 17.4 Å². The van der Waals surface area contributed by atoms with E-state index < -0.39 is 11.1 Å². The second-order valence-electron chi connectivity index (χ2n) is 3.56. The minimum absolute atomic E-state index is 0.00553. The van der Waals surface area contributed by atoms with Gasteiger partial charge in [-0.2, -0.15) is 0 Å². The largest absolute Gasteiger partial charge is 0.394 e. The van der Waals surface area contributed by atoms with Crippen molar-refractivity contribution in [3.63, 3.8) is 0 Å². The maximum Gasteiger partial charge on any atom is 0.271 e. The van der Waals surface area contributed by atoms with Gasteiger partial charge in [-0.1, -0.05) is 11.6 Å². The molecule has 0 aromatic carbocycles. The fourth-order valence-corrected chi connectivity index (χ4v) is 0.981. The third-order valence-corrected chi connectivity index (χ3v) is 2.00. The molecule has 0 aliphatic carbocycles. The molecule has 14 heavy (non-hydrogen) atoms. The van der Waals surface area contributed by atoms with E-state index in [1.807, 2.05) is 0 Å². The lowest BCUT2D eigenvalue weighted by atomic mass is 10.1. The SMILES string of the molecule is CC(C)(CO)Nc1nc[nH]c(=O)c1Cl. The van der Waals surface area contributed by atoms with Gasteiger partial charge in [-0.15, -0.1) is 0 Å². The fraction of sp³-hybridized carbons (Fsp3) is 0.500. The summed E-state index contributed by atoms with van der Waals surface area (Å²) in [5, 5.41) is 11.9. The van der Waals surface area contributed by atoms with Gasteiger partial charge < -0.3 is 15.4 Å². The van der Waals surface area contributed by atoms with Crippen LogP contribution in [0.25, 0.3) is 0 Å². The van der Waals surface area contributed by atoms with Crippen molar-refractivity contribution in [3.8, 4) is 0 Å². The molecule has 0 fully saturated rings. The normalized spacial score (nSPS) is 11.4. The molecule has 0 aliphatic heterocycles. The van der Waals surface area contributed by atoms with Crippen LogP contribution in [0.1, 0.15) is 13.8 Å². The van der Waals surface area contributed by atoms with Crippen LogP contribution in [-0.4, -0.2) is 27.2 Å². The lowest BCUT2D eigenvalue weighted by molar-refractivity contribution is 0.234. The molecule has 5 nitrogen and oxygen atoms in total. The third kappa shape index (κ3) is 2.46. The Balaban J connectivity index is 2.98. The summed E-state index contributed by atoms with van der Waals surface area (Å²) in [6.45, 7) is 3.45. The number of anilines is 1. The lowest BCUT2D eigenvalue weighted by Gasteiger charge is -2.24. The zero-order valence-electron chi connectivity index (χ0n) is 7.97. The standard InChI is InChI=1S/C8H12ClN3O2/c1-8(2,3-13)12-6-5(9)7(14)11-4-10-6/h4,13H,3H2,1-2H3,(H2,10,11,12,14). The van der Waals surface area contributed by atoms with Crippen LogP contribution in [0.4, 0.5) is 5.82 Å². The van der Waals surface area contributed by atoms with Gasteiger partial charge in [-0.25, -0.2) is 4.98 Å². The highest BCUT2D eigenvalue weighted by Gasteiger charge is 2.18. The van der Waals surface area contributed by atoms with Crippen molar-refractivity contribution in [3.05, 3.63) is 21.7 Å². The molecule has 0 bridgehead atoms. The summed E-state index contributed by atoms with van der Waals surface area (Å²) in [6, 6.07) is 0. The molecule has 0 aliphatic rings. The molecule has 0 atom stereocenters. The Morgan fingerprint density at radius 3 is 2.93 bits per heavy atom. The molecular formula is C8H12ClN3O2. The number of aliphatic hydroxyl groups excluding tert-OH is 1. The first-order chi connectivity index (χ1) is 6.46. The number of nitrogens with zero attached hydrogens (tertiary/aromatic N) is 1. The summed E-state index contributed by atoms with van der Waals surface area (Å²) < 4.78 is 0. The minimum atomic E-state index is -0.565. The average Bonchev–Trinajstić information content (AvgIpc) is 2.13. The van der Waals surface area contributed by atoms with Gasteiger partial charge in [0.15, 0.2) is 5.82 Å². The second-order valence-corrected chi connectivity index (χ2v) is 3.94. The van der Waals surface area contributed by atoms with E-state index in [2.05, 4.69) is 15.3 Å². The fourth-order valence-electron chi connectivity index (χ4n) is 0.830. The number of hydrogen-bond acceptors (Lipinski definition) is 4. The van der Waals surface area contributed by atoms with Gasteiger partial charge in [0.05, 0.1) is 18.5 Å². The van der Waals surface area contributed by atoms with Crippen molar-refractivity contribution in [2.24, 2.45) is 0 Å². The van der Waals surface area contributed by atoms with Crippen molar-refractivity contribution < 1.29 is 5.11 Å². The Labute approximate surface area is 86.1 Å². The van der Waals surface area contributed by atoms with E-state index in [0.717, 1.165) is 0 Å². The predicted molar refractivity (Wildman–Crippen MR) is 54.7 cm³/mol. The molecule has 0 amide bonds. The van der Waals surface area contributed by atoms with E-state index >= 15 is 0 Å². The number of nitrogens with one attached hydrogen (secondary N) is 2. The van der Waals surface area contributed by atoms with Crippen LogP contribution in [0, 0.1) is 0 Å². The molecule has 0 unspecified atom stereocenters. The number of aliphatic hydroxyl groups is 1. The van der Waals surface area contributed by atoms with Gasteiger partial charge in [0, 0.05) is 0 Å². The Bertz CT molecular complexity index is 375. The number of halogens is 1. The first kappa shape index (κ1) is 11.0. The number of aromatic nitrogens is 2. The summed E-state index contributed by atoms with van der Waals surface area (Å²) in [5.41, 5.74) is -0.970. The van der Waals surface area contributed by atoms with Crippen LogP contribution in [-0.2, 0) is 0 Å². The monoisotopic (exact) mass is 217 g/mol. The molecule has 1 aromatic rings. The summed E-state index contributed by atoms with van der Waals surface area (Å²) in [6.07, 6.45) is 1.25. The van der Waals surface area contributed by atoms with Crippen LogP contribution in [0.2, 0.25) is 5.02 Å². The second kappa shape index (κ2) is 3.98. The third-order valence-electron chi connectivity index (χ3n) is 1.65. The summed E-state index contributed by atoms with van der Waals surface area (Å²) in [4.78, 5) is 17.3. The summed E-state index contributed by atoms with van der Waals surface area (Å²) in [5.74, 6) is 0.273. The first-order valence-electron chi connectivity index (χ1n) is 4.08. The van der Waals surface area contributed by atoms with E-state index in [1.165, 1.54) is 6.33 Å². The Hall–Kier alpha value is -1.07. The maximum atomic E-state index is 11.1. The van der Waals surface area contributed by atoms with Gasteiger partial charge in [0.2, 0.25) is 0 Å². The van der Waals surface area contributed by atoms with Crippen molar-refractivity contribution in [1.29, 1.82) is 0 Å². The number of H-pyrrole nitrogens is 1. The zero-order chi connectivity index (χ0) is 10.8. The van der Waals surface area contributed by atoms with Gasteiger partial charge in [-0.05, 0) is 13.8 Å². The van der Waals surface area contributed by atoms with Crippen molar-refractivity contribution in [1.82, 2.24) is 9.97 Å². The highest BCUT2D eigenvalue weighted by molar-refractivity contribution is 6.32. The topological polar surface area (TPSA) is 78.0 Å². The Kier molecular flexibility index (Phi) is 3.13. The highest BCUT2D eigenvalue weighted by atomic mass is 35.5. The molecule has 6 heteroatoms. The first-order valence-corrected chi connectivity index (χ1v) is 4.46. The molecule has 0 saturated heterocycles. The van der Waals surface area contributed by atoms with Gasteiger partial charge in [-0.3, -0.25) is 4.79 Å². The van der Waals surface area contributed by atoms with Crippen LogP contribution >= 0.6 is 11.6 Å². The predicted octanol–water partition coefficient (Wildman–Crippen LogP) is 0.606. The van der Waals surface area contributed by atoms with Crippen molar-refractivity contribution in [2.45, 2.75) is 19.4 Å². The molecule has 0 saturated carbocycles. The molecular weight excluding hydrogens is 206 g/mol. The maximum absolute atomic E-state index is 11.1. The number of hydrogen-bond donors (Lipinski definition) is 3. The van der Waals surface area contributed by atoms with E-state index in [9.17, 15) is 4.79 Å². The lowest BCUT2D eigenvalue weighted by Crippen LogP contribution is -2.36. The van der Waals surface area contributed by atoms with E-state index in [4.69, 9.17) is 16.7 Å². The number of aromatic amines is 1. The molecule has 78 valence electrons. The summed E-state index contributed by atoms with van der Waals surface area (Å²) in [7, 11) is 0. The Morgan fingerprint density at radius 2 is 2.36 bits per heavy atom. The average molecular weight is 218 g/mol. The van der Waals surface area contributed by atoms with Gasteiger partial charge in [0.25, 0.3) is 5.56 Å².